The molecule has 3 rings (SSSR count). The van der Waals surface area contributed by atoms with E-state index in [1.165, 1.54) is 11.1 Å². The van der Waals surface area contributed by atoms with E-state index in [1.54, 1.807) is 0 Å². The summed E-state index contributed by atoms with van der Waals surface area (Å²) < 4.78 is 2.21. The van der Waals surface area contributed by atoms with Gasteiger partial charge in [0.2, 0.25) is 0 Å². The van der Waals surface area contributed by atoms with Crippen LogP contribution in [0, 0.1) is 0 Å². The van der Waals surface area contributed by atoms with Crippen molar-refractivity contribution in [1.29, 1.82) is 0 Å². The molecular formula is C18H25N3O. The minimum atomic E-state index is 0.182. The van der Waals surface area contributed by atoms with Crippen molar-refractivity contribution in [1.82, 2.24) is 14.5 Å². The number of aromatic nitrogens is 2. The maximum Gasteiger partial charge on any atom is 0.123 e. The van der Waals surface area contributed by atoms with Crippen LogP contribution in [0.4, 0.5) is 0 Å². The average Bonchev–Trinajstić information content (AvgIpc) is 3.13. The van der Waals surface area contributed by atoms with Crippen LogP contribution in [-0.2, 0) is 13.0 Å². The fraction of sp³-hybridized carbons (Fsp3) is 0.500. The third kappa shape index (κ3) is 2.94. The van der Waals surface area contributed by atoms with E-state index in [9.17, 15) is 5.11 Å². The fourth-order valence-electron chi connectivity index (χ4n) is 3.51. The van der Waals surface area contributed by atoms with Gasteiger partial charge in [-0.15, -0.1) is 0 Å². The zero-order valence-corrected chi connectivity index (χ0v) is 13.4. The molecule has 0 spiro atoms. The van der Waals surface area contributed by atoms with Gasteiger partial charge in [-0.3, -0.25) is 4.90 Å². The second kappa shape index (κ2) is 6.63. The van der Waals surface area contributed by atoms with Gasteiger partial charge >= 0.3 is 0 Å². The van der Waals surface area contributed by atoms with Gasteiger partial charge in [0.15, 0.2) is 0 Å². The van der Waals surface area contributed by atoms with Crippen molar-refractivity contribution in [3.05, 3.63) is 53.6 Å². The number of nitrogens with zero attached hydrogens (tertiary/aromatic N) is 3. The molecule has 1 aromatic carbocycles. The zero-order chi connectivity index (χ0) is 15.5. The molecule has 22 heavy (non-hydrogen) atoms. The molecular weight excluding hydrogens is 274 g/mol. The molecule has 0 fully saturated rings. The van der Waals surface area contributed by atoms with E-state index in [2.05, 4.69) is 52.6 Å². The van der Waals surface area contributed by atoms with Crippen LogP contribution in [0.5, 0.6) is 0 Å². The normalized spacial score (nSPS) is 17.4. The van der Waals surface area contributed by atoms with Crippen LogP contribution in [0.2, 0.25) is 0 Å². The summed E-state index contributed by atoms with van der Waals surface area (Å²) >= 11 is 0. The van der Waals surface area contributed by atoms with Crippen molar-refractivity contribution >= 4 is 0 Å². The maximum absolute atomic E-state index is 9.48. The summed E-state index contributed by atoms with van der Waals surface area (Å²) in [4.78, 5) is 6.89. The maximum atomic E-state index is 9.48. The molecule has 0 amide bonds. The van der Waals surface area contributed by atoms with E-state index in [0.717, 1.165) is 25.2 Å². The molecule has 1 aliphatic carbocycles. The Morgan fingerprint density at radius 1 is 1.36 bits per heavy atom. The first kappa shape index (κ1) is 15.3. The molecule has 1 unspecified atom stereocenters. The summed E-state index contributed by atoms with van der Waals surface area (Å²) in [6, 6.07) is 9.48. The lowest BCUT2D eigenvalue weighted by atomic mass is 10.1. The highest BCUT2D eigenvalue weighted by molar-refractivity contribution is 5.34. The van der Waals surface area contributed by atoms with Gasteiger partial charge in [-0.25, -0.2) is 4.98 Å². The molecule has 1 N–H and O–H groups in total. The highest BCUT2D eigenvalue weighted by Gasteiger charge is 2.28. The van der Waals surface area contributed by atoms with Crippen molar-refractivity contribution in [2.45, 2.75) is 45.3 Å². The molecule has 1 aliphatic rings. The van der Waals surface area contributed by atoms with Gasteiger partial charge in [-0.2, -0.15) is 0 Å². The molecule has 0 bridgehead atoms. The predicted octanol–water partition coefficient (Wildman–Crippen LogP) is 2.95. The lowest BCUT2D eigenvalue weighted by molar-refractivity contribution is 0.138. The summed E-state index contributed by atoms with van der Waals surface area (Å²) in [5.41, 5.74) is 2.86. The molecule has 1 aromatic heterocycles. The summed E-state index contributed by atoms with van der Waals surface area (Å²) in [5.74, 6) is 1.08. The third-order valence-corrected chi connectivity index (χ3v) is 4.58. The van der Waals surface area contributed by atoms with Crippen molar-refractivity contribution < 1.29 is 5.11 Å². The van der Waals surface area contributed by atoms with Crippen molar-refractivity contribution in [2.75, 3.05) is 13.2 Å². The lowest BCUT2D eigenvalue weighted by Gasteiger charge is -2.29. The quantitative estimate of drug-likeness (QED) is 0.891. The van der Waals surface area contributed by atoms with Crippen LogP contribution in [0.15, 0.2) is 36.7 Å². The molecule has 4 nitrogen and oxygen atoms in total. The van der Waals surface area contributed by atoms with Gasteiger partial charge in [0.05, 0.1) is 13.2 Å². The van der Waals surface area contributed by atoms with E-state index >= 15 is 0 Å². The van der Waals surface area contributed by atoms with Gasteiger partial charge in [0, 0.05) is 31.0 Å². The second-order valence-electron chi connectivity index (χ2n) is 6.29. The molecule has 0 saturated heterocycles. The largest absolute Gasteiger partial charge is 0.395 e. The monoisotopic (exact) mass is 299 g/mol. The van der Waals surface area contributed by atoms with E-state index < -0.39 is 0 Å². The first-order valence-corrected chi connectivity index (χ1v) is 8.15. The number of aryl methyl sites for hydroxylation is 1. The topological polar surface area (TPSA) is 41.3 Å². The highest BCUT2D eigenvalue weighted by Crippen LogP contribution is 2.36. The first-order chi connectivity index (χ1) is 10.7. The lowest BCUT2D eigenvalue weighted by Crippen LogP contribution is -2.31. The molecule has 0 saturated carbocycles. The molecule has 1 atom stereocenters. The Kier molecular flexibility index (Phi) is 4.60. The Balaban J connectivity index is 1.83. The zero-order valence-electron chi connectivity index (χ0n) is 13.4. The van der Waals surface area contributed by atoms with E-state index in [4.69, 9.17) is 0 Å². The van der Waals surface area contributed by atoms with Crippen molar-refractivity contribution in [3.8, 4) is 0 Å². The number of benzene rings is 1. The summed E-state index contributed by atoms with van der Waals surface area (Å²) in [6.45, 7) is 5.99. The first-order valence-electron chi connectivity index (χ1n) is 8.15. The number of hydrogen-bond donors (Lipinski definition) is 1. The Morgan fingerprint density at radius 2 is 2.18 bits per heavy atom. The van der Waals surface area contributed by atoms with Crippen molar-refractivity contribution in [3.63, 3.8) is 0 Å². The SMILES string of the molecule is CC(C)n1ccnc1CN(CCO)C1CCc2ccccc21. The minimum Gasteiger partial charge on any atom is -0.395 e. The molecule has 2 aromatic rings. The Labute approximate surface area is 132 Å². The number of aliphatic hydroxyl groups is 1. The fourth-order valence-corrected chi connectivity index (χ4v) is 3.51. The number of imidazole rings is 1. The molecule has 118 valence electrons. The Bertz CT molecular complexity index is 620. The van der Waals surface area contributed by atoms with Gasteiger partial charge in [0.1, 0.15) is 5.82 Å². The van der Waals surface area contributed by atoms with E-state index in [-0.39, 0.29) is 6.61 Å². The van der Waals surface area contributed by atoms with Crippen LogP contribution in [0.1, 0.15) is 49.3 Å². The van der Waals surface area contributed by atoms with Crippen molar-refractivity contribution in [2.24, 2.45) is 0 Å². The third-order valence-electron chi connectivity index (χ3n) is 4.58. The minimum absolute atomic E-state index is 0.182. The summed E-state index contributed by atoms with van der Waals surface area (Å²) in [5, 5.41) is 9.48. The van der Waals surface area contributed by atoms with Crippen LogP contribution in [-0.4, -0.2) is 32.7 Å². The van der Waals surface area contributed by atoms with E-state index in [1.807, 2.05) is 12.4 Å². The van der Waals surface area contributed by atoms with E-state index in [0.29, 0.717) is 18.6 Å². The molecule has 1 heterocycles. The second-order valence-corrected chi connectivity index (χ2v) is 6.29. The number of hydrogen-bond acceptors (Lipinski definition) is 3. The highest BCUT2D eigenvalue weighted by atomic mass is 16.3. The standard InChI is InChI=1S/C18H25N3O/c1-14(2)21-10-9-19-18(21)13-20(11-12-22)17-8-7-15-5-3-4-6-16(15)17/h3-6,9-10,14,17,22H,7-8,11-13H2,1-2H3. The van der Waals surface area contributed by atoms with Gasteiger partial charge in [-0.1, -0.05) is 24.3 Å². The number of aliphatic hydroxyl groups excluding tert-OH is 1. The van der Waals surface area contributed by atoms with Gasteiger partial charge in [-0.05, 0) is 37.8 Å². The summed E-state index contributed by atoms with van der Waals surface area (Å²) in [7, 11) is 0. The van der Waals surface area contributed by atoms with Gasteiger partial charge in [0.25, 0.3) is 0 Å². The van der Waals surface area contributed by atoms with Crippen LogP contribution >= 0.6 is 0 Å². The van der Waals surface area contributed by atoms with Gasteiger partial charge < -0.3 is 9.67 Å². The van der Waals surface area contributed by atoms with Crippen LogP contribution in [0.3, 0.4) is 0 Å². The number of fused-ring (bicyclic) bond motifs is 1. The summed E-state index contributed by atoms with van der Waals surface area (Å²) in [6.07, 6.45) is 6.16. The molecule has 4 heteroatoms. The average molecular weight is 299 g/mol. The number of rotatable bonds is 6. The Hall–Kier alpha value is -1.65. The van der Waals surface area contributed by atoms with Crippen LogP contribution in [0.25, 0.3) is 0 Å². The molecule has 0 aliphatic heterocycles. The van der Waals surface area contributed by atoms with Crippen LogP contribution < -0.4 is 0 Å². The molecule has 0 radical (unpaired) electrons. The smallest absolute Gasteiger partial charge is 0.123 e. The predicted molar refractivity (Wildman–Crippen MR) is 87.6 cm³/mol. The Morgan fingerprint density at radius 3 is 2.95 bits per heavy atom.